The first-order valence-electron chi connectivity index (χ1n) is 5.09. The van der Waals surface area contributed by atoms with Gasteiger partial charge in [0.25, 0.3) is 0 Å². The van der Waals surface area contributed by atoms with Crippen molar-refractivity contribution in [3.63, 3.8) is 0 Å². The number of hydrogen-bond acceptors (Lipinski definition) is 4. The Morgan fingerprint density at radius 3 is 2.65 bits per heavy atom. The summed E-state index contributed by atoms with van der Waals surface area (Å²) in [7, 11) is 1.19. The maximum absolute atomic E-state index is 11.2. The summed E-state index contributed by atoms with van der Waals surface area (Å²) in [6.45, 7) is 1.26. The number of benzene rings is 1. The van der Waals surface area contributed by atoms with E-state index in [4.69, 9.17) is 0 Å². The Balaban J connectivity index is 3.20. The van der Waals surface area contributed by atoms with Crippen molar-refractivity contribution in [2.24, 2.45) is 0 Å². The van der Waals surface area contributed by atoms with E-state index in [0.29, 0.717) is 11.8 Å². The van der Waals surface area contributed by atoms with Crippen LogP contribution in [0.15, 0.2) is 24.3 Å². The van der Waals surface area contributed by atoms with E-state index >= 15 is 0 Å². The highest BCUT2D eigenvalue weighted by molar-refractivity contribution is 5.78. The molecule has 1 atom stereocenters. The first kappa shape index (κ1) is 13.2. The quantitative estimate of drug-likeness (QED) is 0.757. The number of nitrogens with one attached hydrogen (secondary N) is 1. The summed E-state index contributed by atoms with van der Waals surface area (Å²) < 4.78 is 4.45. The van der Waals surface area contributed by atoms with Crippen molar-refractivity contribution in [3.05, 3.63) is 35.4 Å². The minimum atomic E-state index is -1.46. The first-order chi connectivity index (χ1) is 8.09. The monoisotopic (exact) mass is 237 g/mol. The number of alkyl carbamates (subject to hydrolysis) is 1. The Morgan fingerprint density at radius 2 is 2.18 bits per heavy atom. The van der Waals surface area contributed by atoms with E-state index in [0.717, 1.165) is 5.56 Å². The average molecular weight is 237 g/mol. The van der Waals surface area contributed by atoms with E-state index in [1.165, 1.54) is 7.11 Å². The van der Waals surface area contributed by atoms with Gasteiger partial charge in [-0.05, 0) is 18.1 Å². The van der Waals surface area contributed by atoms with E-state index in [9.17, 15) is 14.7 Å². The zero-order valence-electron chi connectivity index (χ0n) is 9.77. The number of aryl methyl sites for hydroxylation is 1. The molecule has 1 unspecified atom stereocenters. The largest absolute Gasteiger partial charge is 0.453 e. The third-order valence-corrected chi connectivity index (χ3v) is 2.59. The number of methoxy groups -OCH3 is 1. The number of ether oxygens (including phenoxy) is 1. The van der Waals surface area contributed by atoms with Crippen molar-refractivity contribution in [3.8, 4) is 0 Å². The molecule has 0 heterocycles. The maximum Gasteiger partial charge on any atom is 0.407 e. The summed E-state index contributed by atoms with van der Waals surface area (Å²) in [6, 6.07) is 7.01. The lowest BCUT2D eigenvalue weighted by Gasteiger charge is -2.28. The molecule has 5 nitrogen and oxygen atoms in total. The molecule has 0 fully saturated rings. The molecule has 1 aromatic carbocycles. The standard InChI is InChI=1S/C12H15NO4/c1-9-5-3-4-6-10(9)12(7-14,8-15)13-11(16)17-2/h3-7,15H,8H2,1-2H3,(H,13,16). The van der Waals surface area contributed by atoms with Crippen LogP contribution in [0.2, 0.25) is 0 Å². The van der Waals surface area contributed by atoms with E-state index in [1.54, 1.807) is 25.1 Å². The van der Waals surface area contributed by atoms with Gasteiger partial charge in [-0.3, -0.25) is 0 Å². The molecule has 0 saturated heterocycles. The predicted molar refractivity (Wildman–Crippen MR) is 61.5 cm³/mol. The highest BCUT2D eigenvalue weighted by Crippen LogP contribution is 2.22. The number of aliphatic hydroxyl groups excluding tert-OH is 1. The number of carbonyl (C=O) groups is 2. The van der Waals surface area contributed by atoms with Crippen LogP contribution in [0.1, 0.15) is 11.1 Å². The van der Waals surface area contributed by atoms with Crippen molar-refractivity contribution in [2.75, 3.05) is 13.7 Å². The lowest BCUT2D eigenvalue weighted by molar-refractivity contribution is -0.115. The number of aliphatic hydroxyl groups is 1. The van der Waals surface area contributed by atoms with E-state index in [-0.39, 0.29) is 0 Å². The van der Waals surface area contributed by atoms with Gasteiger partial charge in [-0.2, -0.15) is 0 Å². The van der Waals surface area contributed by atoms with Gasteiger partial charge >= 0.3 is 6.09 Å². The van der Waals surface area contributed by atoms with E-state index in [2.05, 4.69) is 10.1 Å². The molecule has 92 valence electrons. The van der Waals surface area contributed by atoms with Crippen LogP contribution in [0.3, 0.4) is 0 Å². The van der Waals surface area contributed by atoms with Gasteiger partial charge < -0.3 is 20.0 Å². The molecule has 2 N–H and O–H groups in total. The summed E-state index contributed by atoms with van der Waals surface area (Å²) in [5.74, 6) is 0. The smallest absolute Gasteiger partial charge is 0.407 e. The molecule has 0 aliphatic carbocycles. The molecular weight excluding hydrogens is 222 g/mol. The SMILES string of the molecule is COC(=O)NC(C=O)(CO)c1ccccc1C. The van der Waals surface area contributed by atoms with Crippen molar-refractivity contribution in [1.29, 1.82) is 0 Å². The third kappa shape index (κ3) is 2.62. The molecule has 17 heavy (non-hydrogen) atoms. The molecule has 0 bridgehead atoms. The number of hydrogen-bond donors (Lipinski definition) is 2. The van der Waals surface area contributed by atoms with Crippen molar-refractivity contribution in [1.82, 2.24) is 5.32 Å². The third-order valence-electron chi connectivity index (χ3n) is 2.59. The summed E-state index contributed by atoms with van der Waals surface area (Å²) >= 11 is 0. The fourth-order valence-corrected chi connectivity index (χ4v) is 1.63. The number of aldehydes is 1. The molecule has 1 aromatic rings. The molecule has 0 saturated carbocycles. The summed E-state index contributed by atoms with van der Waals surface area (Å²) in [5, 5.41) is 11.8. The van der Waals surface area contributed by atoms with Gasteiger partial charge in [0.2, 0.25) is 0 Å². The summed E-state index contributed by atoms with van der Waals surface area (Å²) in [6.07, 6.45) is -0.263. The molecule has 1 amide bonds. The Bertz CT molecular complexity index is 419. The van der Waals surface area contributed by atoms with Crippen LogP contribution in [0.25, 0.3) is 0 Å². The average Bonchev–Trinajstić information content (AvgIpc) is 2.36. The van der Waals surface area contributed by atoms with Gasteiger partial charge in [-0.25, -0.2) is 4.79 Å². The van der Waals surface area contributed by atoms with Gasteiger partial charge in [-0.15, -0.1) is 0 Å². The Hall–Kier alpha value is -1.88. The van der Waals surface area contributed by atoms with Gasteiger partial charge in [0.15, 0.2) is 6.29 Å². The molecule has 0 radical (unpaired) electrons. The van der Waals surface area contributed by atoms with Crippen molar-refractivity contribution < 1.29 is 19.4 Å². The van der Waals surface area contributed by atoms with Crippen molar-refractivity contribution >= 4 is 12.4 Å². The van der Waals surface area contributed by atoms with Crippen LogP contribution in [-0.2, 0) is 15.1 Å². The summed E-state index contributed by atoms with van der Waals surface area (Å²) in [4.78, 5) is 22.5. The van der Waals surface area contributed by atoms with Crippen LogP contribution in [-0.4, -0.2) is 31.2 Å². The van der Waals surface area contributed by atoms with Crippen molar-refractivity contribution in [2.45, 2.75) is 12.5 Å². The number of amides is 1. The normalized spacial score (nSPS) is 13.6. The minimum absolute atomic E-state index is 0.506. The fourth-order valence-electron chi connectivity index (χ4n) is 1.63. The lowest BCUT2D eigenvalue weighted by atomic mass is 9.89. The Kier molecular flexibility index (Phi) is 4.23. The van der Waals surface area contributed by atoms with Gasteiger partial charge in [0.05, 0.1) is 13.7 Å². The second-order valence-electron chi connectivity index (χ2n) is 3.68. The predicted octanol–water partition coefficient (Wildman–Crippen LogP) is 0.738. The minimum Gasteiger partial charge on any atom is -0.453 e. The molecule has 0 aliphatic heterocycles. The van der Waals surface area contributed by atoms with Crippen LogP contribution in [0.4, 0.5) is 4.79 Å². The molecule has 0 aromatic heterocycles. The molecule has 0 spiro atoms. The second kappa shape index (κ2) is 5.45. The topological polar surface area (TPSA) is 75.6 Å². The summed E-state index contributed by atoms with van der Waals surface area (Å²) in [5.41, 5.74) is -0.119. The first-order valence-corrected chi connectivity index (χ1v) is 5.09. The Morgan fingerprint density at radius 1 is 1.53 bits per heavy atom. The highest BCUT2D eigenvalue weighted by atomic mass is 16.5. The number of rotatable bonds is 4. The molecule has 1 rings (SSSR count). The van der Waals surface area contributed by atoms with Crippen LogP contribution in [0.5, 0.6) is 0 Å². The van der Waals surface area contributed by atoms with Gasteiger partial charge in [0.1, 0.15) is 5.54 Å². The zero-order chi connectivity index (χ0) is 12.9. The second-order valence-corrected chi connectivity index (χ2v) is 3.68. The van der Waals surface area contributed by atoms with Crippen LogP contribution in [0, 0.1) is 6.92 Å². The zero-order valence-corrected chi connectivity index (χ0v) is 9.77. The van der Waals surface area contributed by atoms with Crippen LogP contribution < -0.4 is 5.32 Å². The highest BCUT2D eigenvalue weighted by Gasteiger charge is 2.34. The molecular formula is C12H15NO4. The van der Waals surface area contributed by atoms with Crippen LogP contribution >= 0.6 is 0 Å². The number of carbonyl (C=O) groups excluding carboxylic acids is 2. The fraction of sp³-hybridized carbons (Fsp3) is 0.333. The molecule has 0 aliphatic rings. The van der Waals surface area contributed by atoms with Gasteiger partial charge in [0, 0.05) is 0 Å². The Labute approximate surface area is 99.4 Å². The van der Waals surface area contributed by atoms with Gasteiger partial charge in [-0.1, -0.05) is 24.3 Å². The van der Waals surface area contributed by atoms with E-state index in [1.807, 2.05) is 6.07 Å². The lowest BCUT2D eigenvalue weighted by Crippen LogP contribution is -2.50. The maximum atomic E-state index is 11.2. The molecule has 5 heteroatoms. The van der Waals surface area contributed by atoms with E-state index < -0.39 is 18.2 Å².